The molecule has 6 heteroatoms. The maximum absolute atomic E-state index is 9.28. The number of hydrogen-bond acceptors (Lipinski definition) is 2. The predicted octanol–water partition coefficient (Wildman–Crippen LogP) is 4.09. The summed E-state index contributed by atoms with van der Waals surface area (Å²) in [5.74, 6) is 0. The van der Waals surface area contributed by atoms with Gasteiger partial charge in [0.2, 0.25) is 0 Å². The lowest BCUT2D eigenvalue weighted by molar-refractivity contribution is 0.132. The van der Waals surface area contributed by atoms with Gasteiger partial charge in [0.25, 0.3) is 0 Å². The summed E-state index contributed by atoms with van der Waals surface area (Å²) in [7, 11) is 0. The van der Waals surface area contributed by atoms with Crippen molar-refractivity contribution in [2.24, 2.45) is 11.1 Å². The molecular weight excluding hydrogens is 304 g/mol. The van der Waals surface area contributed by atoms with Crippen LogP contribution in [-0.4, -0.2) is 11.7 Å². The minimum Gasteiger partial charge on any atom is -0.396 e. The summed E-state index contributed by atoms with van der Waals surface area (Å²) in [6.45, 7) is 3.61. The molecule has 0 saturated carbocycles. The van der Waals surface area contributed by atoms with E-state index in [0.717, 1.165) is 0 Å². The Morgan fingerprint density at radius 2 is 1.71 bits per heavy atom. The highest BCUT2D eigenvalue weighted by Crippen LogP contribution is 2.41. The highest BCUT2D eigenvalue weighted by molar-refractivity contribution is 6.44. The maximum atomic E-state index is 9.28. The molecule has 0 aliphatic heterocycles. The molecule has 3 N–H and O–H groups in total. The second-order valence-electron chi connectivity index (χ2n) is 4.38. The minimum atomic E-state index is -0.516. The normalized spacial score (nSPS) is 13.1. The van der Waals surface area contributed by atoms with Crippen LogP contribution in [0.3, 0.4) is 0 Å². The van der Waals surface area contributed by atoms with Crippen molar-refractivity contribution in [2.45, 2.75) is 19.9 Å². The van der Waals surface area contributed by atoms with E-state index in [2.05, 4.69) is 0 Å². The van der Waals surface area contributed by atoms with E-state index in [0.29, 0.717) is 20.6 Å². The van der Waals surface area contributed by atoms with Gasteiger partial charge in [-0.3, -0.25) is 0 Å². The highest BCUT2D eigenvalue weighted by Gasteiger charge is 2.30. The highest BCUT2D eigenvalue weighted by atomic mass is 35.5. The molecule has 0 radical (unpaired) electrons. The van der Waals surface area contributed by atoms with Crippen molar-refractivity contribution in [3.8, 4) is 0 Å². The van der Waals surface area contributed by atoms with E-state index in [1.165, 1.54) is 0 Å². The van der Waals surface area contributed by atoms with Crippen LogP contribution in [0.4, 0.5) is 0 Å². The van der Waals surface area contributed by atoms with Crippen molar-refractivity contribution in [1.82, 2.24) is 0 Å². The summed E-state index contributed by atoms with van der Waals surface area (Å²) in [6, 6.07) is 2.79. The third kappa shape index (κ3) is 3.63. The Kier molecular flexibility index (Phi) is 6.58. The van der Waals surface area contributed by atoms with Crippen molar-refractivity contribution in [2.75, 3.05) is 6.61 Å². The molecule has 0 aliphatic carbocycles. The zero-order chi connectivity index (χ0) is 12.5. The SMILES string of the molecule is CC(C)(CO)[C@H](N)c1c(Cl)ccc(Cl)c1Cl.Cl. The molecule has 0 heterocycles. The van der Waals surface area contributed by atoms with Gasteiger partial charge >= 0.3 is 0 Å². The van der Waals surface area contributed by atoms with Crippen LogP contribution in [0.15, 0.2) is 12.1 Å². The van der Waals surface area contributed by atoms with E-state index in [-0.39, 0.29) is 19.0 Å². The number of rotatable bonds is 3. The van der Waals surface area contributed by atoms with Gasteiger partial charge in [-0.05, 0) is 12.1 Å². The van der Waals surface area contributed by atoms with E-state index in [1.54, 1.807) is 12.1 Å². The smallest absolute Gasteiger partial charge is 0.0655 e. The van der Waals surface area contributed by atoms with Crippen LogP contribution in [0, 0.1) is 5.41 Å². The molecule has 0 aliphatic rings. The van der Waals surface area contributed by atoms with Crippen molar-refractivity contribution in [1.29, 1.82) is 0 Å². The predicted molar refractivity (Wildman–Crippen MR) is 76.5 cm³/mol. The van der Waals surface area contributed by atoms with Crippen molar-refractivity contribution in [3.05, 3.63) is 32.8 Å². The fraction of sp³-hybridized carbons (Fsp3) is 0.455. The molecular formula is C11H15Cl4NO. The number of aliphatic hydroxyl groups excluding tert-OH is 1. The van der Waals surface area contributed by atoms with Gasteiger partial charge in [0.1, 0.15) is 0 Å². The second-order valence-corrected chi connectivity index (χ2v) is 5.57. The van der Waals surface area contributed by atoms with E-state index in [9.17, 15) is 5.11 Å². The van der Waals surface area contributed by atoms with Gasteiger partial charge in [-0.25, -0.2) is 0 Å². The molecule has 0 spiro atoms. The van der Waals surface area contributed by atoms with Crippen molar-refractivity contribution in [3.63, 3.8) is 0 Å². The molecule has 0 amide bonds. The third-order valence-electron chi connectivity index (χ3n) is 2.64. The monoisotopic (exact) mass is 317 g/mol. The van der Waals surface area contributed by atoms with Crippen LogP contribution in [-0.2, 0) is 0 Å². The zero-order valence-electron chi connectivity index (χ0n) is 9.51. The molecule has 0 bridgehead atoms. The van der Waals surface area contributed by atoms with Gasteiger partial charge < -0.3 is 10.8 Å². The van der Waals surface area contributed by atoms with Gasteiger partial charge in [0, 0.05) is 28.6 Å². The number of aliphatic hydroxyl groups is 1. The first-order valence-corrected chi connectivity index (χ1v) is 5.94. The largest absolute Gasteiger partial charge is 0.396 e. The Morgan fingerprint density at radius 1 is 1.24 bits per heavy atom. The quantitative estimate of drug-likeness (QED) is 0.825. The van der Waals surface area contributed by atoms with E-state index < -0.39 is 11.5 Å². The Morgan fingerprint density at radius 3 is 2.18 bits per heavy atom. The Labute approximate surface area is 122 Å². The summed E-state index contributed by atoms with van der Waals surface area (Å²) in [4.78, 5) is 0. The van der Waals surface area contributed by atoms with Crippen LogP contribution in [0.5, 0.6) is 0 Å². The lowest BCUT2D eigenvalue weighted by Gasteiger charge is -2.31. The fourth-order valence-corrected chi connectivity index (χ4v) is 2.09. The molecule has 2 nitrogen and oxygen atoms in total. The average Bonchev–Trinajstić information content (AvgIpc) is 2.24. The van der Waals surface area contributed by atoms with Crippen molar-refractivity contribution >= 4 is 47.2 Å². The average molecular weight is 319 g/mol. The third-order valence-corrected chi connectivity index (χ3v) is 3.79. The zero-order valence-corrected chi connectivity index (χ0v) is 12.6. The molecule has 1 atom stereocenters. The first-order valence-electron chi connectivity index (χ1n) is 4.81. The topological polar surface area (TPSA) is 46.2 Å². The summed E-state index contributed by atoms with van der Waals surface area (Å²) in [5.41, 5.74) is 6.13. The maximum Gasteiger partial charge on any atom is 0.0655 e. The van der Waals surface area contributed by atoms with Gasteiger partial charge in [-0.15, -0.1) is 12.4 Å². The molecule has 0 fully saturated rings. The summed E-state index contributed by atoms with van der Waals surface area (Å²) < 4.78 is 0. The van der Waals surface area contributed by atoms with Crippen LogP contribution in [0.25, 0.3) is 0 Å². The fourth-order valence-electron chi connectivity index (χ4n) is 1.32. The number of hydrogen-bond donors (Lipinski definition) is 2. The lowest BCUT2D eigenvalue weighted by atomic mass is 9.82. The summed E-state index contributed by atoms with van der Waals surface area (Å²) in [5, 5.41) is 10.5. The standard InChI is InChI=1S/C11H14Cl3NO.ClH/c1-11(2,5-16)10(15)8-6(12)3-4-7(13)9(8)14;/h3-4,10,16H,5,15H2,1-2H3;1H/t10-;/m1./s1. The van der Waals surface area contributed by atoms with E-state index in [1.807, 2.05) is 13.8 Å². The lowest BCUT2D eigenvalue weighted by Crippen LogP contribution is -2.32. The Bertz CT molecular complexity index is 395. The first-order chi connectivity index (χ1) is 7.31. The van der Waals surface area contributed by atoms with Crippen LogP contribution in [0.1, 0.15) is 25.5 Å². The van der Waals surface area contributed by atoms with Gasteiger partial charge in [0.15, 0.2) is 0 Å². The molecule has 1 aromatic rings. The van der Waals surface area contributed by atoms with E-state index in [4.69, 9.17) is 40.5 Å². The van der Waals surface area contributed by atoms with Crippen LogP contribution < -0.4 is 5.73 Å². The minimum absolute atomic E-state index is 0. The molecule has 0 aromatic heterocycles. The van der Waals surface area contributed by atoms with Gasteiger partial charge in [-0.1, -0.05) is 48.7 Å². The van der Waals surface area contributed by atoms with Crippen LogP contribution in [0.2, 0.25) is 15.1 Å². The Hall–Kier alpha value is 0.300. The molecule has 1 aromatic carbocycles. The second kappa shape index (κ2) is 6.46. The van der Waals surface area contributed by atoms with Crippen molar-refractivity contribution < 1.29 is 5.11 Å². The van der Waals surface area contributed by atoms with Gasteiger partial charge in [0.05, 0.1) is 10.0 Å². The molecule has 0 unspecified atom stereocenters. The summed E-state index contributed by atoms with van der Waals surface area (Å²) in [6.07, 6.45) is 0. The number of benzene rings is 1. The molecule has 98 valence electrons. The van der Waals surface area contributed by atoms with E-state index >= 15 is 0 Å². The molecule has 1 rings (SSSR count). The number of halogens is 4. The first kappa shape index (κ1) is 17.3. The Balaban J connectivity index is 0.00000256. The van der Waals surface area contributed by atoms with Gasteiger partial charge in [-0.2, -0.15) is 0 Å². The summed E-state index contributed by atoms with van der Waals surface area (Å²) >= 11 is 18.0. The van der Waals surface area contributed by atoms with Crippen LogP contribution >= 0.6 is 47.2 Å². The molecule has 17 heavy (non-hydrogen) atoms. The molecule has 0 saturated heterocycles. The number of nitrogens with two attached hydrogens (primary N) is 1.